The molecule has 3 nitrogen and oxygen atoms in total. The maximum atomic E-state index is 6.14. The zero-order valence-electron chi connectivity index (χ0n) is 16.9. The Kier molecular flexibility index (Phi) is 7.45. The molecular weight excluding hydrogens is 380 g/mol. The minimum absolute atomic E-state index is 0. The van der Waals surface area contributed by atoms with Crippen LogP contribution in [0, 0.1) is 6.92 Å². The summed E-state index contributed by atoms with van der Waals surface area (Å²) in [5.41, 5.74) is 5.47. The Balaban J connectivity index is 0.00000240. The van der Waals surface area contributed by atoms with Crippen LogP contribution in [0.15, 0.2) is 78.9 Å². The summed E-state index contributed by atoms with van der Waals surface area (Å²) in [4.78, 5) is 5.18. The molecule has 0 spiro atoms. The van der Waals surface area contributed by atoms with E-state index in [0.29, 0.717) is 0 Å². The molecule has 0 aliphatic carbocycles. The second kappa shape index (κ2) is 10.0. The van der Waals surface area contributed by atoms with Crippen LogP contribution in [0.2, 0.25) is 5.02 Å². The smallest absolute Gasteiger partial charge is 0.0602 e. The molecule has 3 aromatic rings. The van der Waals surface area contributed by atoms with Crippen LogP contribution in [0.1, 0.15) is 28.3 Å². The lowest BCUT2D eigenvalue weighted by molar-refractivity contribution is 0.105. The first-order valence-electron chi connectivity index (χ1n) is 10.0. The maximum Gasteiger partial charge on any atom is 0.0602 e. The fourth-order valence-corrected chi connectivity index (χ4v) is 4.23. The number of hydrogen-bond donors (Lipinski definition) is 0. The molecule has 1 fully saturated rings. The van der Waals surface area contributed by atoms with Crippen molar-refractivity contribution in [3.8, 4) is 0 Å². The van der Waals surface area contributed by atoms with Crippen molar-refractivity contribution in [3.05, 3.63) is 106 Å². The third kappa shape index (κ3) is 5.26. The highest BCUT2D eigenvalue weighted by atomic mass is 35.5. The molecule has 29 heavy (non-hydrogen) atoms. The quantitative estimate of drug-likeness (QED) is 0.612. The van der Waals surface area contributed by atoms with E-state index in [-0.39, 0.29) is 11.5 Å². The molecule has 2 N–H and O–H groups in total. The summed E-state index contributed by atoms with van der Waals surface area (Å²) in [6.07, 6.45) is 0. The van der Waals surface area contributed by atoms with Gasteiger partial charge in [-0.3, -0.25) is 9.80 Å². The van der Waals surface area contributed by atoms with E-state index in [1.807, 2.05) is 12.1 Å². The largest absolute Gasteiger partial charge is 0.412 e. The molecular formula is C25H29ClN2O. The minimum Gasteiger partial charge on any atom is -0.412 e. The zero-order chi connectivity index (χ0) is 19.3. The predicted molar refractivity (Wildman–Crippen MR) is 121 cm³/mol. The number of hydrogen-bond acceptors (Lipinski definition) is 2. The molecule has 1 heterocycles. The molecule has 1 atom stereocenters. The Morgan fingerprint density at radius 2 is 1.34 bits per heavy atom. The lowest BCUT2D eigenvalue weighted by Gasteiger charge is -2.40. The van der Waals surface area contributed by atoms with Gasteiger partial charge in [-0.1, -0.05) is 78.3 Å². The molecule has 0 amide bonds. The first-order chi connectivity index (χ1) is 13.7. The van der Waals surface area contributed by atoms with E-state index in [1.54, 1.807) is 0 Å². The molecule has 1 unspecified atom stereocenters. The van der Waals surface area contributed by atoms with Crippen LogP contribution >= 0.6 is 11.6 Å². The second-order valence-electron chi connectivity index (χ2n) is 7.60. The first-order valence-corrected chi connectivity index (χ1v) is 10.4. The van der Waals surface area contributed by atoms with Crippen molar-refractivity contribution in [2.45, 2.75) is 19.5 Å². The summed E-state index contributed by atoms with van der Waals surface area (Å²) in [6.45, 7) is 7.55. The number of rotatable bonds is 5. The van der Waals surface area contributed by atoms with E-state index < -0.39 is 0 Å². The predicted octanol–water partition coefficient (Wildman–Crippen LogP) is 4.73. The van der Waals surface area contributed by atoms with Crippen molar-refractivity contribution in [1.82, 2.24) is 9.80 Å². The molecule has 152 valence electrons. The SMILES string of the molecule is Cc1ccccc1CN1CCN(C(c2ccccc2)c2ccc(Cl)cc2)CC1.O. The Bertz CT molecular complexity index is 890. The lowest BCUT2D eigenvalue weighted by atomic mass is 9.96. The number of aryl methyl sites for hydroxylation is 1. The van der Waals surface area contributed by atoms with Crippen molar-refractivity contribution < 1.29 is 5.48 Å². The van der Waals surface area contributed by atoms with Gasteiger partial charge in [0.25, 0.3) is 0 Å². The van der Waals surface area contributed by atoms with Crippen molar-refractivity contribution in [3.63, 3.8) is 0 Å². The Morgan fingerprint density at radius 1 is 0.759 bits per heavy atom. The highest BCUT2D eigenvalue weighted by Gasteiger charge is 2.26. The van der Waals surface area contributed by atoms with Crippen LogP contribution in [-0.2, 0) is 6.54 Å². The van der Waals surface area contributed by atoms with E-state index in [9.17, 15) is 0 Å². The monoisotopic (exact) mass is 408 g/mol. The molecule has 1 saturated heterocycles. The third-order valence-electron chi connectivity index (χ3n) is 5.73. The summed E-state index contributed by atoms with van der Waals surface area (Å²) in [5.74, 6) is 0. The number of halogens is 1. The van der Waals surface area contributed by atoms with Gasteiger partial charge in [0.2, 0.25) is 0 Å². The molecule has 1 aliphatic rings. The molecule has 0 radical (unpaired) electrons. The fraction of sp³-hybridized carbons (Fsp3) is 0.280. The van der Waals surface area contributed by atoms with Gasteiger partial charge in [0, 0.05) is 37.7 Å². The first kappa shape index (κ1) is 21.5. The van der Waals surface area contributed by atoms with E-state index in [2.05, 4.69) is 83.5 Å². The third-order valence-corrected chi connectivity index (χ3v) is 5.98. The molecule has 0 saturated carbocycles. The van der Waals surface area contributed by atoms with Gasteiger partial charge < -0.3 is 5.48 Å². The van der Waals surface area contributed by atoms with Crippen LogP contribution in [0.3, 0.4) is 0 Å². The lowest BCUT2D eigenvalue weighted by Crippen LogP contribution is -2.47. The summed E-state index contributed by atoms with van der Waals surface area (Å²) >= 11 is 6.14. The Labute approximate surface area is 178 Å². The van der Waals surface area contributed by atoms with Gasteiger partial charge in [-0.25, -0.2) is 0 Å². The normalized spacial score (nSPS) is 16.2. The van der Waals surface area contributed by atoms with E-state index >= 15 is 0 Å². The van der Waals surface area contributed by atoms with Crippen LogP contribution in [-0.4, -0.2) is 41.5 Å². The van der Waals surface area contributed by atoms with Crippen molar-refractivity contribution in [2.75, 3.05) is 26.2 Å². The number of nitrogens with zero attached hydrogens (tertiary/aromatic N) is 2. The molecule has 4 rings (SSSR count). The van der Waals surface area contributed by atoms with Gasteiger partial charge in [-0.05, 0) is 41.3 Å². The minimum atomic E-state index is 0. The molecule has 4 heteroatoms. The van der Waals surface area contributed by atoms with E-state index in [4.69, 9.17) is 11.6 Å². The van der Waals surface area contributed by atoms with Crippen molar-refractivity contribution in [2.24, 2.45) is 0 Å². The molecule has 1 aliphatic heterocycles. The summed E-state index contributed by atoms with van der Waals surface area (Å²) in [7, 11) is 0. The van der Waals surface area contributed by atoms with Gasteiger partial charge in [0.05, 0.1) is 6.04 Å². The molecule has 0 aromatic heterocycles. The van der Waals surface area contributed by atoms with Crippen LogP contribution in [0.5, 0.6) is 0 Å². The van der Waals surface area contributed by atoms with Crippen LogP contribution < -0.4 is 0 Å². The van der Waals surface area contributed by atoms with Crippen molar-refractivity contribution in [1.29, 1.82) is 0 Å². The average Bonchev–Trinajstić information content (AvgIpc) is 2.73. The molecule has 3 aromatic carbocycles. The summed E-state index contributed by atoms with van der Waals surface area (Å²) in [6, 6.07) is 28.2. The van der Waals surface area contributed by atoms with Gasteiger partial charge in [0.15, 0.2) is 0 Å². The summed E-state index contributed by atoms with van der Waals surface area (Å²) < 4.78 is 0. The topological polar surface area (TPSA) is 38.0 Å². The number of piperazine rings is 1. The number of benzene rings is 3. The second-order valence-corrected chi connectivity index (χ2v) is 8.04. The highest BCUT2D eigenvalue weighted by molar-refractivity contribution is 6.30. The zero-order valence-corrected chi connectivity index (χ0v) is 17.6. The summed E-state index contributed by atoms with van der Waals surface area (Å²) in [5, 5.41) is 0.790. The Morgan fingerprint density at radius 3 is 2.00 bits per heavy atom. The van der Waals surface area contributed by atoms with Gasteiger partial charge in [-0.2, -0.15) is 0 Å². The van der Waals surface area contributed by atoms with Crippen LogP contribution in [0.25, 0.3) is 0 Å². The standard InChI is InChI=1S/C25H27ClN2.H2O/c1-20-7-5-6-10-23(20)19-27-15-17-28(18-16-27)25(21-8-3-2-4-9-21)22-11-13-24(26)14-12-22;/h2-14,25H,15-19H2,1H3;1H2. The Hall–Kier alpha value is -2.17. The highest BCUT2D eigenvalue weighted by Crippen LogP contribution is 2.30. The van der Waals surface area contributed by atoms with Gasteiger partial charge in [-0.15, -0.1) is 0 Å². The fourth-order valence-electron chi connectivity index (χ4n) is 4.10. The van der Waals surface area contributed by atoms with Gasteiger partial charge >= 0.3 is 0 Å². The van der Waals surface area contributed by atoms with Gasteiger partial charge in [0.1, 0.15) is 0 Å². The molecule has 0 bridgehead atoms. The van der Waals surface area contributed by atoms with E-state index in [1.165, 1.54) is 22.3 Å². The van der Waals surface area contributed by atoms with Crippen molar-refractivity contribution >= 4 is 11.6 Å². The van der Waals surface area contributed by atoms with E-state index in [0.717, 1.165) is 37.7 Å². The maximum absolute atomic E-state index is 6.14. The average molecular weight is 409 g/mol. The van der Waals surface area contributed by atoms with Crippen LogP contribution in [0.4, 0.5) is 0 Å².